The van der Waals surface area contributed by atoms with E-state index in [2.05, 4.69) is 19.2 Å². The number of carbonyl (C=O) groups is 1. The van der Waals surface area contributed by atoms with Gasteiger partial charge in [-0.1, -0.05) is 13.8 Å². The Bertz CT molecular complexity index is 331. The Morgan fingerprint density at radius 2 is 2.25 bits per heavy atom. The third kappa shape index (κ3) is 4.06. The molecule has 0 spiro atoms. The van der Waals surface area contributed by atoms with E-state index in [1.807, 2.05) is 0 Å². The van der Waals surface area contributed by atoms with Crippen LogP contribution in [0.3, 0.4) is 0 Å². The molecule has 16 heavy (non-hydrogen) atoms. The van der Waals surface area contributed by atoms with Gasteiger partial charge in [0.05, 0.1) is 13.2 Å². The largest absolute Gasteiger partial charge is 0.460 e. The Kier molecular flexibility index (Phi) is 5.05. The molecule has 0 radical (unpaired) electrons. The van der Waals surface area contributed by atoms with Crippen molar-refractivity contribution in [3.8, 4) is 0 Å². The van der Waals surface area contributed by atoms with Gasteiger partial charge in [0.2, 0.25) is 5.76 Å². The standard InChI is InChI=1S/C12H19NO3/c1-4-15-12(14)11-6-5-10(16-11)8-13-7-9(2)3/h5-6,9,13H,4,7-8H2,1-3H3. The van der Waals surface area contributed by atoms with Gasteiger partial charge in [-0.3, -0.25) is 0 Å². The highest BCUT2D eigenvalue weighted by Crippen LogP contribution is 2.09. The van der Waals surface area contributed by atoms with Crippen molar-refractivity contribution in [2.45, 2.75) is 27.3 Å². The van der Waals surface area contributed by atoms with Gasteiger partial charge in [0.25, 0.3) is 0 Å². The van der Waals surface area contributed by atoms with E-state index in [4.69, 9.17) is 9.15 Å². The number of furan rings is 1. The fraction of sp³-hybridized carbons (Fsp3) is 0.583. The molecule has 0 unspecified atom stereocenters. The molecule has 1 rings (SSSR count). The summed E-state index contributed by atoms with van der Waals surface area (Å²) in [6, 6.07) is 3.43. The first-order chi connectivity index (χ1) is 7.63. The van der Waals surface area contributed by atoms with Crippen LogP contribution in [0, 0.1) is 5.92 Å². The molecule has 1 aromatic heterocycles. The Balaban J connectivity index is 2.42. The van der Waals surface area contributed by atoms with E-state index >= 15 is 0 Å². The fourth-order valence-corrected chi connectivity index (χ4v) is 1.27. The lowest BCUT2D eigenvalue weighted by Crippen LogP contribution is -2.18. The molecular formula is C12H19NO3. The van der Waals surface area contributed by atoms with Crippen LogP contribution in [0.2, 0.25) is 0 Å². The predicted octanol–water partition coefficient (Wildman–Crippen LogP) is 2.20. The number of ether oxygens (including phenoxy) is 1. The summed E-state index contributed by atoms with van der Waals surface area (Å²) in [4.78, 5) is 11.3. The average molecular weight is 225 g/mol. The zero-order valence-electron chi connectivity index (χ0n) is 10.1. The summed E-state index contributed by atoms with van der Waals surface area (Å²) < 4.78 is 10.2. The molecule has 0 saturated heterocycles. The minimum Gasteiger partial charge on any atom is -0.460 e. The van der Waals surface area contributed by atoms with Crippen molar-refractivity contribution < 1.29 is 13.9 Å². The molecule has 1 heterocycles. The van der Waals surface area contributed by atoms with Crippen molar-refractivity contribution in [3.05, 3.63) is 23.7 Å². The van der Waals surface area contributed by atoms with Gasteiger partial charge in [-0.15, -0.1) is 0 Å². The zero-order valence-corrected chi connectivity index (χ0v) is 10.1. The first-order valence-electron chi connectivity index (χ1n) is 5.60. The smallest absolute Gasteiger partial charge is 0.374 e. The molecule has 0 bridgehead atoms. The molecule has 0 aliphatic rings. The van der Waals surface area contributed by atoms with E-state index in [9.17, 15) is 4.79 Å². The Morgan fingerprint density at radius 1 is 1.50 bits per heavy atom. The molecule has 0 aliphatic heterocycles. The van der Waals surface area contributed by atoms with Crippen LogP contribution >= 0.6 is 0 Å². The number of nitrogens with one attached hydrogen (secondary N) is 1. The Morgan fingerprint density at radius 3 is 2.88 bits per heavy atom. The van der Waals surface area contributed by atoms with Gasteiger partial charge in [-0.2, -0.15) is 0 Å². The first-order valence-corrected chi connectivity index (χ1v) is 5.60. The highest BCUT2D eigenvalue weighted by Gasteiger charge is 2.11. The minimum absolute atomic E-state index is 0.267. The van der Waals surface area contributed by atoms with Crippen LogP contribution in [0.25, 0.3) is 0 Å². The summed E-state index contributed by atoms with van der Waals surface area (Å²) in [5.41, 5.74) is 0. The Hall–Kier alpha value is -1.29. The second-order valence-corrected chi connectivity index (χ2v) is 4.01. The Labute approximate surface area is 96.0 Å². The van der Waals surface area contributed by atoms with Crippen molar-refractivity contribution in [3.63, 3.8) is 0 Å². The van der Waals surface area contributed by atoms with Crippen LogP contribution in [0.15, 0.2) is 16.5 Å². The number of rotatable bonds is 6. The average Bonchev–Trinajstić information content (AvgIpc) is 2.66. The van der Waals surface area contributed by atoms with Gasteiger partial charge in [0.1, 0.15) is 5.76 Å². The predicted molar refractivity (Wildman–Crippen MR) is 61.2 cm³/mol. The SMILES string of the molecule is CCOC(=O)c1ccc(CNCC(C)C)o1. The van der Waals surface area contributed by atoms with Crippen LogP contribution in [0.4, 0.5) is 0 Å². The lowest BCUT2D eigenvalue weighted by atomic mass is 10.2. The monoisotopic (exact) mass is 225 g/mol. The normalized spacial score (nSPS) is 10.8. The summed E-state index contributed by atoms with van der Waals surface area (Å²) in [5.74, 6) is 1.21. The van der Waals surface area contributed by atoms with Crippen LogP contribution in [-0.2, 0) is 11.3 Å². The summed E-state index contributed by atoms with van der Waals surface area (Å²) >= 11 is 0. The number of hydrogen-bond acceptors (Lipinski definition) is 4. The number of hydrogen-bond donors (Lipinski definition) is 1. The van der Waals surface area contributed by atoms with E-state index in [0.717, 1.165) is 12.3 Å². The van der Waals surface area contributed by atoms with E-state index in [0.29, 0.717) is 19.1 Å². The highest BCUT2D eigenvalue weighted by atomic mass is 16.5. The third-order valence-corrected chi connectivity index (χ3v) is 1.99. The lowest BCUT2D eigenvalue weighted by Gasteiger charge is -2.04. The van der Waals surface area contributed by atoms with Gasteiger partial charge in [-0.05, 0) is 31.5 Å². The molecule has 0 saturated carbocycles. The zero-order chi connectivity index (χ0) is 12.0. The van der Waals surface area contributed by atoms with Crippen molar-refractivity contribution in [1.82, 2.24) is 5.32 Å². The summed E-state index contributed by atoms with van der Waals surface area (Å²) in [6.45, 7) is 7.97. The quantitative estimate of drug-likeness (QED) is 0.754. The van der Waals surface area contributed by atoms with Gasteiger partial charge in [0.15, 0.2) is 0 Å². The molecular weight excluding hydrogens is 206 g/mol. The molecule has 4 nitrogen and oxygen atoms in total. The minimum atomic E-state index is -0.405. The molecule has 0 amide bonds. The summed E-state index contributed by atoms with van der Waals surface area (Å²) in [6.07, 6.45) is 0. The topological polar surface area (TPSA) is 51.5 Å². The van der Waals surface area contributed by atoms with Crippen molar-refractivity contribution in [2.75, 3.05) is 13.2 Å². The van der Waals surface area contributed by atoms with E-state index in [1.165, 1.54) is 0 Å². The maximum absolute atomic E-state index is 11.3. The molecule has 1 N–H and O–H groups in total. The van der Waals surface area contributed by atoms with Crippen LogP contribution in [-0.4, -0.2) is 19.1 Å². The molecule has 0 atom stereocenters. The lowest BCUT2D eigenvalue weighted by molar-refractivity contribution is 0.0488. The molecule has 4 heteroatoms. The molecule has 90 valence electrons. The maximum atomic E-state index is 11.3. The van der Waals surface area contributed by atoms with Gasteiger partial charge < -0.3 is 14.5 Å². The van der Waals surface area contributed by atoms with Crippen LogP contribution in [0.1, 0.15) is 37.1 Å². The summed E-state index contributed by atoms with van der Waals surface area (Å²) in [5, 5.41) is 3.24. The van der Waals surface area contributed by atoms with Crippen molar-refractivity contribution >= 4 is 5.97 Å². The number of carbonyl (C=O) groups excluding carboxylic acids is 1. The van der Waals surface area contributed by atoms with E-state index < -0.39 is 5.97 Å². The van der Waals surface area contributed by atoms with Crippen LogP contribution < -0.4 is 5.32 Å². The fourth-order valence-electron chi connectivity index (χ4n) is 1.27. The highest BCUT2D eigenvalue weighted by molar-refractivity contribution is 5.86. The summed E-state index contributed by atoms with van der Waals surface area (Å²) in [7, 11) is 0. The maximum Gasteiger partial charge on any atom is 0.374 e. The number of esters is 1. The second-order valence-electron chi connectivity index (χ2n) is 4.01. The molecule has 0 aliphatic carbocycles. The van der Waals surface area contributed by atoms with Gasteiger partial charge in [-0.25, -0.2) is 4.79 Å². The second kappa shape index (κ2) is 6.33. The van der Waals surface area contributed by atoms with E-state index in [-0.39, 0.29) is 5.76 Å². The van der Waals surface area contributed by atoms with Crippen molar-refractivity contribution in [1.29, 1.82) is 0 Å². The van der Waals surface area contributed by atoms with Crippen molar-refractivity contribution in [2.24, 2.45) is 5.92 Å². The molecule has 0 fully saturated rings. The van der Waals surface area contributed by atoms with Gasteiger partial charge in [0, 0.05) is 0 Å². The molecule has 1 aromatic rings. The first kappa shape index (κ1) is 12.8. The van der Waals surface area contributed by atoms with Crippen LogP contribution in [0.5, 0.6) is 0 Å². The van der Waals surface area contributed by atoms with E-state index in [1.54, 1.807) is 19.1 Å². The third-order valence-electron chi connectivity index (χ3n) is 1.99. The van der Waals surface area contributed by atoms with Gasteiger partial charge >= 0.3 is 5.97 Å². The molecule has 0 aromatic carbocycles.